The van der Waals surface area contributed by atoms with Crippen molar-refractivity contribution in [2.75, 3.05) is 19.6 Å². The second-order valence-corrected chi connectivity index (χ2v) is 6.04. The monoisotopic (exact) mass is 238 g/mol. The molecule has 3 atom stereocenters. The normalized spacial score (nSPS) is 36.5. The van der Waals surface area contributed by atoms with E-state index in [1.54, 1.807) is 0 Å². The molecule has 100 valence electrons. The fraction of sp³-hybridized carbons (Fsp3) is 1.00. The van der Waals surface area contributed by atoms with Gasteiger partial charge in [0.25, 0.3) is 0 Å². The molecule has 0 aromatic heterocycles. The van der Waals surface area contributed by atoms with E-state index < -0.39 is 0 Å². The lowest BCUT2D eigenvalue weighted by Crippen LogP contribution is -2.47. The Morgan fingerprint density at radius 1 is 1.06 bits per heavy atom. The number of nitrogens with one attached hydrogen (secondary N) is 1. The van der Waals surface area contributed by atoms with Crippen LogP contribution in [0.15, 0.2) is 0 Å². The first kappa shape index (κ1) is 13.4. The molecule has 1 aliphatic heterocycles. The molecule has 0 bridgehead atoms. The van der Waals surface area contributed by atoms with Crippen LogP contribution in [0.3, 0.4) is 0 Å². The predicted octanol–water partition coefficient (Wildman–Crippen LogP) is 2.89. The predicted molar refractivity (Wildman–Crippen MR) is 74.2 cm³/mol. The lowest BCUT2D eigenvalue weighted by atomic mass is 9.91. The van der Waals surface area contributed by atoms with E-state index in [0.717, 1.165) is 30.5 Å². The van der Waals surface area contributed by atoms with Crippen molar-refractivity contribution >= 4 is 0 Å². The molecule has 0 spiro atoms. The third kappa shape index (κ3) is 3.03. The average Bonchev–Trinajstić information content (AvgIpc) is 2.72. The summed E-state index contributed by atoms with van der Waals surface area (Å²) < 4.78 is 0. The summed E-state index contributed by atoms with van der Waals surface area (Å²) >= 11 is 0. The highest BCUT2D eigenvalue weighted by Gasteiger charge is 2.36. The summed E-state index contributed by atoms with van der Waals surface area (Å²) in [4.78, 5) is 2.79. The summed E-state index contributed by atoms with van der Waals surface area (Å²) in [5, 5.41) is 3.60. The smallest absolute Gasteiger partial charge is 0.0124 e. The van der Waals surface area contributed by atoms with Gasteiger partial charge in [0.2, 0.25) is 0 Å². The van der Waals surface area contributed by atoms with Crippen LogP contribution in [0.5, 0.6) is 0 Å². The van der Waals surface area contributed by atoms with Crippen LogP contribution in [0.2, 0.25) is 0 Å². The molecule has 2 rings (SSSR count). The fourth-order valence-corrected chi connectivity index (χ4v) is 4.04. The molecule has 2 nitrogen and oxygen atoms in total. The van der Waals surface area contributed by atoms with Gasteiger partial charge in [-0.25, -0.2) is 0 Å². The quantitative estimate of drug-likeness (QED) is 0.810. The zero-order valence-corrected chi connectivity index (χ0v) is 11.9. The van der Waals surface area contributed by atoms with Crippen molar-refractivity contribution < 1.29 is 0 Å². The third-order valence-corrected chi connectivity index (χ3v) is 5.20. The zero-order valence-electron chi connectivity index (χ0n) is 11.9. The van der Waals surface area contributed by atoms with Gasteiger partial charge in [-0.15, -0.1) is 0 Å². The Morgan fingerprint density at radius 2 is 1.76 bits per heavy atom. The van der Waals surface area contributed by atoms with Crippen molar-refractivity contribution in [3.63, 3.8) is 0 Å². The Balaban J connectivity index is 1.81. The minimum absolute atomic E-state index is 0.787. The number of likely N-dealkylation sites (tertiary alicyclic amines) is 1. The number of nitrogens with zero attached hydrogens (tertiary/aromatic N) is 1. The Hall–Kier alpha value is -0.0800. The van der Waals surface area contributed by atoms with Crippen molar-refractivity contribution in [2.45, 2.75) is 65.0 Å². The maximum atomic E-state index is 3.60. The highest BCUT2D eigenvalue weighted by molar-refractivity contribution is 4.90. The van der Waals surface area contributed by atoms with Gasteiger partial charge in [-0.3, -0.25) is 4.90 Å². The second-order valence-electron chi connectivity index (χ2n) is 6.04. The number of piperidine rings is 1. The Morgan fingerprint density at radius 3 is 2.29 bits per heavy atom. The van der Waals surface area contributed by atoms with E-state index in [1.807, 2.05) is 0 Å². The van der Waals surface area contributed by atoms with Crippen LogP contribution in [0.4, 0.5) is 0 Å². The molecular formula is C15H30N2. The maximum absolute atomic E-state index is 3.60. The van der Waals surface area contributed by atoms with E-state index in [-0.39, 0.29) is 0 Å². The summed E-state index contributed by atoms with van der Waals surface area (Å²) in [5.41, 5.74) is 0. The lowest BCUT2D eigenvalue weighted by Gasteiger charge is -2.38. The molecule has 1 N–H and O–H groups in total. The van der Waals surface area contributed by atoms with Crippen LogP contribution < -0.4 is 5.32 Å². The van der Waals surface area contributed by atoms with Gasteiger partial charge in [0.05, 0.1) is 0 Å². The summed E-state index contributed by atoms with van der Waals surface area (Å²) in [7, 11) is 0. The average molecular weight is 238 g/mol. The summed E-state index contributed by atoms with van der Waals surface area (Å²) in [5.74, 6) is 1.92. The second kappa shape index (κ2) is 6.19. The van der Waals surface area contributed by atoms with E-state index in [1.165, 1.54) is 45.2 Å². The van der Waals surface area contributed by atoms with Gasteiger partial charge < -0.3 is 5.32 Å². The fourth-order valence-electron chi connectivity index (χ4n) is 4.04. The molecule has 1 saturated carbocycles. The van der Waals surface area contributed by atoms with Gasteiger partial charge in [0.1, 0.15) is 0 Å². The van der Waals surface area contributed by atoms with Gasteiger partial charge in [-0.1, -0.05) is 27.2 Å². The molecule has 2 aliphatic rings. The van der Waals surface area contributed by atoms with Gasteiger partial charge in [0, 0.05) is 12.1 Å². The third-order valence-electron chi connectivity index (χ3n) is 5.20. The molecule has 3 unspecified atom stereocenters. The molecule has 1 heterocycles. The first-order valence-corrected chi connectivity index (χ1v) is 7.73. The number of hydrogen-bond donors (Lipinski definition) is 1. The highest BCUT2D eigenvalue weighted by atomic mass is 15.2. The van der Waals surface area contributed by atoms with Crippen LogP contribution in [0.1, 0.15) is 52.9 Å². The Bertz CT molecular complexity index is 221. The van der Waals surface area contributed by atoms with E-state index in [0.29, 0.717) is 0 Å². The zero-order chi connectivity index (χ0) is 12.3. The van der Waals surface area contributed by atoms with Crippen LogP contribution >= 0.6 is 0 Å². The topological polar surface area (TPSA) is 15.3 Å². The van der Waals surface area contributed by atoms with Crippen molar-refractivity contribution in [2.24, 2.45) is 11.8 Å². The SMILES string of the molecule is CCNC1CCN(C2CCC(CC)C2C)CC1. The molecule has 0 aromatic rings. The molecule has 17 heavy (non-hydrogen) atoms. The number of rotatable bonds is 4. The van der Waals surface area contributed by atoms with E-state index in [2.05, 4.69) is 31.0 Å². The minimum Gasteiger partial charge on any atom is -0.314 e. The van der Waals surface area contributed by atoms with Crippen LogP contribution in [0, 0.1) is 11.8 Å². The molecular weight excluding hydrogens is 208 g/mol. The van der Waals surface area contributed by atoms with Crippen molar-refractivity contribution in [1.82, 2.24) is 10.2 Å². The van der Waals surface area contributed by atoms with E-state index >= 15 is 0 Å². The van der Waals surface area contributed by atoms with Crippen LogP contribution in [-0.2, 0) is 0 Å². The van der Waals surface area contributed by atoms with Crippen molar-refractivity contribution in [1.29, 1.82) is 0 Å². The van der Waals surface area contributed by atoms with E-state index in [9.17, 15) is 0 Å². The number of hydrogen-bond acceptors (Lipinski definition) is 2. The summed E-state index contributed by atoms with van der Waals surface area (Å²) in [6, 6.07) is 1.68. The summed E-state index contributed by atoms with van der Waals surface area (Å²) in [6.45, 7) is 10.8. The Labute approximate surface area is 107 Å². The molecule has 2 heteroatoms. The highest BCUT2D eigenvalue weighted by Crippen LogP contribution is 2.37. The van der Waals surface area contributed by atoms with Crippen molar-refractivity contribution in [3.05, 3.63) is 0 Å². The molecule has 1 aliphatic carbocycles. The molecule has 0 aromatic carbocycles. The van der Waals surface area contributed by atoms with Gasteiger partial charge >= 0.3 is 0 Å². The summed E-state index contributed by atoms with van der Waals surface area (Å²) in [6.07, 6.45) is 7.01. The van der Waals surface area contributed by atoms with Gasteiger partial charge in [-0.2, -0.15) is 0 Å². The molecule has 2 fully saturated rings. The van der Waals surface area contributed by atoms with Crippen molar-refractivity contribution in [3.8, 4) is 0 Å². The largest absolute Gasteiger partial charge is 0.314 e. The first-order chi connectivity index (χ1) is 8.26. The first-order valence-electron chi connectivity index (χ1n) is 7.73. The Kier molecular flexibility index (Phi) is 4.87. The molecule has 0 amide bonds. The molecule has 0 radical (unpaired) electrons. The van der Waals surface area contributed by atoms with Crippen LogP contribution in [-0.4, -0.2) is 36.6 Å². The van der Waals surface area contributed by atoms with Gasteiger partial charge in [0.15, 0.2) is 0 Å². The van der Waals surface area contributed by atoms with E-state index in [4.69, 9.17) is 0 Å². The standard InChI is InChI=1S/C15H30N2/c1-4-13-6-7-15(12(13)3)17-10-8-14(9-11-17)16-5-2/h12-16H,4-11H2,1-3H3. The lowest BCUT2D eigenvalue weighted by molar-refractivity contribution is 0.114. The van der Waals surface area contributed by atoms with Crippen LogP contribution in [0.25, 0.3) is 0 Å². The molecule has 1 saturated heterocycles. The minimum atomic E-state index is 0.787. The van der Waals surface area contributed by atoms with Gasteiger partial charge in [-0.05, 0) is 57.2 Å². The maximum Gasteiger partial charge on any atom is 0.0124 e.